The van der Waals surface area contributed by atoms with Crippen molar-refractivity contribution >= 4 is 28.1 Å². The molecule has 0 radical (unpaired) electrons. The van der Waals surface area contributed by atoms with Crippen LogP contribution in [-0.4, -0.2) is 20.8 Å². The first-order chi connectivity index (χ1) is 11.2. The van der Waals surface area contributed by atoms with Gasteiger partial charge in [0.1, 0.15) is 0 Å². The van der Waals surface area contributed by atoms with Gasteiger partial charge >= 0.3 is 11.1 Å². The van der Waals surface area contributed by atoms with E-state index in [0.29, 0.717) is 16.7 Å². The Balaban J connectivity index is 2.09. The van der Waals surface area contributed by atoms with Crippen molar-refractivity contribution in [2.45, 2.75) is 0 Å². The zero-order valence-corrected chi connectivity index (χ0v) is 11.9. The molecule has 6 heteroatoms. The lowest BCUT2D eigenvalue weighted by molar-refractivity contribution is 0.111. The lowest BCUT2D eigenvalue weighted by atomic mass is 10.1. The number of carbonyl (C=O) groups is 1. The van der Waals surface area contributed by atoms with E-state index in [2.05, 4.69) is 9.97 Å². The molecule has 4 aromatic rings. The third-order valence-electron chi connectivity index (χ3n) is 3.88. The Kier molecular flexibility index (Phi) is 2.77. The molecular weight excluding hydrogens is 294 g/mol. The monoisotopic (exact) mass is 305 g/mol. The van der Waals surface area contributed by atoms with Gasteiger partial charge in [0.05, 0.1) is 16.7 Å². The Bertz CT molecular complexity index is 1180. The van der Waals surface area contributed by atoms with Gasteiger partial charge in [-0.15, -0.1) is 0 Å². The summed E-state index contributed by atoms with van der Waals surface area (Å²) in [6.45, 7) is 0. The molecule has 0 saturated heterocycles. The van der Waals surface area contributed by atoms with Gasteiger partial charge in [-0.25, -0.2) is 0 Å². The normalized spacial score (nSPS) is 11.1. The second-order valence-corrected chi connectivity index (χ2v) is 5.22. The van der Waals surface area contributed by atoms with Crippen molar-refractivity contribution in [1.82, 2.24) is 14.5 Å². The van der Waals surface area contributed by atoms with Crippen molar-refractivity contribution in [3.8, 4) is 5.69 Å². The number of benzene rings is 2. The maximum Gasteiger partial charge on any atom is 0.314 e. The summed E-state index contributed by atoms with van der Waals surface area (Å²) in [6, 6.07) is 12.8. The molecule has 2 heterocycles. The third kappa shape index (κ3) is 2.00. The van der Waals surface area contributed by atoms with Gasteiger partial charge in [0.2, 0.25) is 0 Å². The number of carbonyl (C=O) groups excluding carboxylic acids is 1. The molecule has 0 unspecified atom stereocenters. The van der Waals surface area contributed by atoms with Gasteiger partial charge in [-0.05, 0) is 35.7 Å². The smallest absolute Gasteiger partial charge is 0.314 e. The van der Waals surface area contributed by atoms with Crippen molar-refractivity contribution in [2.75, 3.05) is 0 Å². The number of fused-ring (bicyclic) bond motifs is 3. The minimum atomic E-state index is -0.690. The van der Waals surface area contributed by atoms with Gasteiger partial charge in [0.25, 0.3) is 0 Å². The van der Waals surface area contributed by atoms with Crippen LogP contribution in [0.25, 0.3) is 27.5 Å². The van der Waals surface area contributed by atoms with Crippen molar-refractivity contribution in [2.24, 2.45) is 0 Å². The topological polar surface area (TPSA) is 87.7 Å². The maximum absolute atomic E-state index is 11.6. The molecule has 0 saturated carbocycles. The van der Waals surface area contributed by atoms with Crippen LogP contribution in [0.2, 0.25) is 0 Å². The zero-order chi connectivity index (χ0) is 16.0. The molecule has 6 nitrogen and oxygen atoms in total. The molecule has 2 aromatic heterocycles. The first-order valence-corrected chi connectivity index (χ1v) is 6.99. The number of hydrogen-bond donors (Lipinski definition) is 2. The van der Waals surface area contributed by atoms with E-state index >= 15 is 0 Å². The Morgan fingerprint density at radius 1 is 0.957 bits per heavy atom. The van der Waals surface area contributed by atoms with Crippen LogP contribution in [0.15, 0.2) is 58.3 Å². The van der Waals surface area contributed by atoms with E-state index in [1.807, 2.05) is 24.3 Å². The summed E-state index contributed by atoms with van der Waals surface area (Å²) in [6.07, 6.45) is 2.58. The molecule has 0 spiro atoms. The largest absolute Gasteiger partial charge is 0.316 e. The standard InChI is InChI=1S/C17H11N3O3/c21-9-12-2-1-7-20(12)11-5-3-10-4-6-14-15(13(10)8-11)19-17(23)16(22)18-14/h1-9H,(H,18,22)(H,19,23). The Hall–Kier alpha value is -3.41. The number of aldehydes is 1. The van der Waals surface area contributed by atoms with Gasteiger partial charge in [0.15, 0.2) is 6.29 Å². The molecule has 2 aromatic carbocycles. The van der Waals surface area contributed by atoms with Gasteiger partial charge < -0.3 is 14.5 Å². The number of hydrogen-bond acceptors (Lipinski definition) is 3. The lowest BCUT2D eigenvalue weighted by Crippen LogP contribution is -2.28. The molecule has 0 aliphatic rings. The average molecular weight is 305 g/mol. The predicted octanol–water partition coefficient (Wildman–Crippen LogP) is 1.97. The number of H-pyrrole nitrogens is 2. The molecule has 0 amide bonds. The summed E-state index contributed by atoms with van der Waals surface area (Å²) in [4.78, 5) is 39.4. The highest BCUT2D eigenvalue weighted by Crippen LogP contribution is 2.24. The van der Waals surface area contributed by atoms with E-state index in [0.717, 1.165) is 22.7 Å². The van der Waals surface area contributed by atoms with Crippen LogP contribution in [-0.2, 0) is 0 Å². The molecule has 23 heavy (non-hydrogen) atoms. The van der Waals surface area contributed by atoms with Crippen LogP contribution < -0.4 is 11.1 Å². The molecule has 0 aliphatic carbocycles. The van der Waals surface area contributed by atoms with E-state index < -0.39 is 11.1 Å². The average Bonchev–Trinajstić information content (AvgIpc) is 3.04. The van der Waals surface area contributed by atoms with Crippen LogP contribution in [0, 0.1) is 0 Å². The maximum atomic E-state index is 11.6. The van der Waals surface area contributed by atoms with Crippen LogP contribution >= 0.6 is 0 Å². The second kappa shape index (κ2) is 4.81. The van der Waals surface area contributed by atoms with E-state index in [4.69, 9.17) is 0 Å². The minimum Gasteiger partial charge on any atom is -0.316 e. The Labute approximate surface area is 129 Å². The second-order valence-electron chi connectivity index (χ2n) is 5.22. The van der Waals surface area contributed by atoms with E-state index in [9.17, 15) is 14.4 Å². The minimum absolute atomic E-state index is 0.534. The zero-order valence-electron chi connectivity index (χ0n) is 11.9. The SMILES string of the molecule is O=Cc1cccn1-c1ccc2ccc3[nH]c(=O)c(=O)[nH]c3c2c1. The summed E-state index contributed by atoms with van der Waals surface area (Å²) in [7, 11) is 0. The highest BCUT2D eigenvalue weighted by Gasteiger charge is 2.07. The van der Waals surface area contributed by atoms with Gasteiger partial charge in [-0.2, -0.15) is 0 Å². The first-order valence-electron chi connectivity index (χ1n) is 6.99. The molecule has 0 aliphatic heterocycles. The molecule has 0 bridgehead atoms. The number of rotatable bonds is 2. The summed E-state index contributed by atoms with van der Waals surface area (Å²) < 4.78 is 1.76. The van der Waals surface area contributed by atoms with Crippen molar-refractivity contribution in [3.63, 3.8) is 0 Å². The highest BCUT2D eigenvalue weighted by molar-refractivity contribution is 6.04. The van der Waals surface area contributed by atoms with Crippen LogP contribution in [0.5, 0.6) is 0 Å². The lowest BCUT2D eigenvalue weighted by Gasteiger charge is -2.09. The molecule has 0 atom stereocenters. The fraction of sp³-hybridized carbons (Fsp3) is 0. The number of nitrogens with one attached hydrogen (secondary N) is 2. The molecule has 4 rings (SSSR count). The molecular formula is C17H11N3O3. The van der Waals surface area contributed by atoms with E-state index in [-0.39, 0.29) is 0 Å². The predicted molar refractivity (Wildman–Crippen MR) is 87.4 cm³/mol. The quantitative estimate of drug-likeness (QED) is 0.337. The number of nitrogens with zero attached hydrogens (tertiary/aromatic N) is 1. The van der Waals surface area contributed by atoms with Crippen LogP contribution in [0.1, 0.15) is 10.5 Å². The molecule has 2 N–H and O–H groups in total. The Morgan fingerprint density at radius 3 is 2.57 bits per heavy atom. The highest BCUT2D eigenvalue weighted by atomic mass is 16.2. The van der Waals surface area contributed by atoms with Gasteiger partial charge in [-0.3, -0.25) is 14.4 Å². The fourth-order valence-corrected chi connectivity index (χ4v) is 2.77. The first kappa shape index (κ1) is 13.3. The van der Waals surface area contributed by atoms with Gasteiger partial charge in [-0.1, -0.05) is 12.1 Å². The number of aromatic nitrogens is 3. The summed E-state index contributed by atoms with van der Waals surface area (Å²) in [5.74, 6) is 0. The number of aromatic amines is 2. The third-order valence-corrected chi connectivity index (χ3v) is 3.88. The van der Waals surface area contributed by atoms with E-state index in [1.165, 1.54) is 0 Å². The molecule has 112 valence electrons. The summed E-state index contributed by atoms with van der Waals surface area (Å²) in [5.41, 5.74) is 1.08. The summed E-state index contributed by atoms with van der Waals surface area (Å²) >= 11 is 0. The Morgan fingerprint density at radius 2 is 1.74 bits per heavy atom. The van der Waals surface area contributed by atoms with Crippen molar-refractivity contribution < 1.29 is 4.79 Å². The van der Waals surface area contributed by atoms with Crippen LogP contribution in [0.4, 0.5) is 0 Å². The van der Waals surface area contributed by atoms with Crippen molar-refractivity contribution in [1.29, 1.82) is 0 Å². The van der Waals surface area contributed by atoms with Gasteiger partial charge in [0, 0.05) is 17.3 Å². The van der Waals surface area contributed by atoms with Crippen molar-refractivity contribution in [3.05, 3.63) is 75.1 Å². The van der Waals surface area contributed by atoms with Crippen LogP contribution in [0.3, 0.4) is 0 Å². The molecule has 0 fully saturated rings. The van der Waals surface area contributed by atoms with E-state index in [1.54, 1.807) is 29.0 Å². The summed E-state index contributed by atoms with van der Waals surface area (Å²) in [5, 5.41) is 1.71. The fourth-order valence-electron chi connectivity index (χ4n) is 2.77.